The summed E-state index contributed by atoms with van der Waals surface area (Å²) in [6.07, 6.45) is 4.68. The first kappa shape index (κ1) is 14.4. The lowest BCUT2D eigenvalue weighted by molar-refractivity contribution is -0.118. The fourth-order valence-corrected chi connectivity index (χ4v) is 2.21. The van der Waals surface area contributed by atoms with E-state index in [9.17, 15) is 4.79 Å². The van der Waals surface area contributed by atoms with Crippen molar-refractivity contribution in [3.05, 3.63) is 65.0 Å². The van der Waals surface area contributed by atoms with Crippen LogP contribution in [0.15, 0.2) is 42.6 Å². The summed E-state index contributed by atoms with van der Waals surface area (Å²) in [5.41, 5.74) is 4.55. The van der Waals surface area contributed by atoms with Crippen molar-refractivity contribution in [2.45, 2.75) is 39.5 Å². The molecule has 0 aliphatic rings. The maximum absolute atomic E-state index is 12.0. The SMILES string of the molecule is CCc1ccc(CC(=O)CCc2cccc(C)c2)nc1. The smallest absolute Gasteiger partial charge is 0.139 e. The van der Waals surface area contributed by atoms with Gasteiger partial charge in [-0.05, 0) is 37.0 Å². The Hall–Kier alpha value is -1.96. The number of pyridine rings is 1. The van der Waals surface area contributed by atoms with Gasteiger partial charge >= 0.3 is 0 Å². The lowest BCUT2D eigenvalue weighted by atomic mass is 10.0. The Bertz CT molecular complexity index is 572. The van der Waals surface area contributed by atoms with Crippen LogP contribution in [0, 0.1) is 6.92 Å². The number of carbonyl (C=O) groups excluding carboxylic acids is 1. The summed E-state index contributed by atoms with van der Waals surface area (Å²) in [6, 6.07) is 12.3. The minimum absolute atomic E-state index is 0.253. The zero-order valence-electron chi connectivity index (χ0n) is 12.2. The van der Waals surface area contributed by atoms with E-state index in [1.165, 1.54) is 16.7 Å². The Balaban J connectivity index is 1.85. The van der Waals surface area contributed by atoms with Gasteiger partial charge in [0, 0.05) is 24.7 Å². The van der Waals surface area contributed by atoms with Gasteiger partial charge in [-0.3, -0.25) is 9.78 Å². The van der Waals surface area contributed by atoms with Gasteiger partial charge < -0.3 is 0 Å². The molecule has 0 unspecified atom stereocenters. The molecule has 1 aromatic carbocycles. The van der Waals surface area contributed by atoms with Crippen molar-refractivity contribution < 1.29 is 4.79 Å². The van der Waals surface area contributed by atoms with Crippen molar-refractivity contribution in [3.63, 3.8) is 0 Å². The Labute approximate surface area is 120 Å². The zero-order chi connectivity index (χ0) is 14.4. The van der Waals surface area contributed by atoms with Crippen molar-refractivity contribution >= 4 is 5.78 Å². The van der Waals surface area contributed by atoms with Crippen molar-refractivity contribution in [2.24, 2.45) is 0 Å². The van der Waals surface area contributed by atoms with Gasteiger partial charge in [-0.25, -0.2) is 0 Å². The number of carbonyl (C=O) groups is 1. The summed E-state index contributed by atoms with van der Waals surface area (Å²) in [5, 5.41) is 0. The molecule has 1 heterocycles. The second-order valence-electron chi connectivity index (χ2n) is 5.22. The van der Waals surface area contributed by atoms with Crippen LogP contribution < -0.4 is 0 Å². The Kier molecular flexibility index (Phi) is 5.05. The fraction of sp³-hybridized carbons (Fsp3) is 0.333. The molecule has 0 aliphatic heterocycles. The third kappa shape index (κ3) is 4.30. The number of hydrogen-bond donors (Lipinski definition) is 0. The van der Waals surface area contributed by atoms with Crippen LogP contribution in [0.4, 0.5) is 0 Å². The number of aromatic nitrogens is 1. The number of benzene rings is 1. The number of hydrogen-bond acceptors (Lipinski definition) is 2. The van der Waals surface area contributed by atoms with Crippen LogP contribution in [0.2, 0.25) is 0 Å². The number of ketones is 1. The Morgan fingerprint density at radius 1 is 1.15 bits per heavy atom. The molecule has 2 aromatic rings. The first-order valence-corrected chi connectivity index (χ1v) is 7.18. The molecular formula is C18H21NO. The predicted octanol–water partition coefficient (Wildman–Crippen LogP) is 3.70. The highest BCUT2D eigenvalue weighted by atomic mass is 16.1. The van der Waals surface area contributed by atoms with E-state index in [-0.39, 0.29) is 5.78 Å². The van der Waals surface area contributed by atoms with E-state index < -0.39 is 0 Å². The number of nitrogens with zero attached hydrogens (tertiary/aromatic N) is 1. The van der Waals surface area contributed by atoms with Gasteiger partial charge in [0.2, 0.25) is 0 Å². The van der Waals surface area contributed by atoms with Crippen LogP contribution in [0.25, 0.3) is 0 Å². The van der Waals surface area contributed by atoms with Gasteiger partial charge in [-0.1, -0.05) is 42.8 Å². The monoisotopic (exact) mass is 267 g/mol. The number of aryl methyl sites for hydroxylation is 3. The summed E-state index contributed by atoms with van der Waals surface area (Å²) >= 11 is 0. The summed E-state index contributed by atoms with van der Waals surface area (Å²) in [5.74, 6) is 0.253. The lowest BCUT2D eigenvalue weighted by Crippen LogP contribution is -2.06. The number of Topliss-reactive ketones (excluding diaryl/α,β-unsaturated/α-hetero) is 1. The first-order chi connectivity index (χ1) is 9.67. The van der Waals surface area contributed by atoms with Crippen molar-refractivity contribution in [1.82, 2.24) is 4.98 Å². The van der Waals surface area contributed by atoms with Crippen LogP contribution in [0.5, 0.6) is 0 Å². The maximum atomic E-state index is 12.0. The zero-order valence-corrected chi connectivity index (χ0v) is 12.2. The molecule has 2 heteroatoms. The van der Waals surface area contributed by atoms with Crippen LogP contribution >= 0.6 is 0 Å². The molecule has 2 nitrogen and oxygen atoms in total. The third-order valence-electron chi connectivity index (χ3n) is 3.45. The molecule has 0 spiro atoms. The van der Waals surface area contributed by atoms with E-state index in [4.69, 9.17) is 0 Å². The molecule has 0 radical (unpaired) electrons. The second-order valence-corrected chi connectivity index (χ2v) is 5.22. The van der Waals surface area contributed by atoms with Crippen LogP contribution in [-0.2, 0) is 24.1 Å². The topological polar surface area (TPSA) is 30.0 Å². The molecule has 0 atom stereocenters. The highest BCUT2D eigenvalue weighted by molar-refractivity contribution is 5.80. The van der Waals surface area contributed by atoms with Crippen molar-refractivity contribution in [1.29, 1.82) is 0 Å². The van der Waals surface area contributed by atoms with Crippen LogP contribution in [0.1, 0.15) is 35.7 Å². The largest absolute Gasteiger partial charge is 0.299 e. The molecule has 104 valence electrons. The normalized spacial score (nSPS) is 10.5. The Morgan fingerprint density at radius 2 is 2.00 bits per heavy atom. The van der Waals surface area contributed by atoms with E-state index >= 15 is 0 Å². The highest BCUT2D eigenvalue weighted by Gasteiger charge is 2.05. The lowest BCUT2D eigenvalue weighted by Gasteiger charge is -2.03. The molecule has 0 aliphatic carbocycles. The van der Waals surface area contributed by atoms with E-state index in [0.717, 1.165) is 18.5 Å². The molecule has 1 aromatic heterocycles. The minimum atomic E-state index is 0.253. The van der Waals surface area contributed by atoms with Crippen molar-refractivity contribution in [2.75, 3.05) is 0 Å². The molecule has 20 heavy (non-hydrogen) atoms. The van der Waals surface area contributed by atoms with Gasteiger partial charge in [0.25, 0.3) is 0 Å². The first-order valence-electron chi connectivity index (χ1n) is 7.18. The molecule has 0 N–H and O–H groups in total. The molecule has 0 saturated carbocycles. The molecular weight excluding hydrogens is 246 g/mol. The average Bonchev–Trinajstić information content (AvgIpc) is 2.46. The van der Waals surface area contributed by atoms with E-state index in [1.807, 2.05) is 18.3 Å². The number of rotatable bonds is 6. The summed E-state index contributed by atoms with van der Waals surface area (Å²) in [4.78, 5) is 16.3. The van der Waals surface area contributed by atoms with Gasteiger partial charge in [-0.15, -0.1) is 0 Å². The highest BCUT2D eigenvalue weighted by Crippen LogP contribution is 2.09. The van der Waals surface area contributed by atoms with E-state index in [1.54, 1.807) is 0 Å². The summed E-state index contributed by atoms with van der Waals surface area (Å²) < 4.78 is 0. The average molecular weight is 267 g/mol. The van der Waals surface area contributed by atoms with Gasteiger partial charge in [0.15, 0.2) is 0 Å². The summed E-state index contributed by atoms with van der Waals surface area (Å²) in [7, 11) is 0. The molecule has 0 saturated heterocycles. The quantitative estimate of drug-likeness (QED) is 0.799. The van der Waals surface area contributed by atoms with Gasteiger partial charge in [-0.2, -0.15) is 0 Å². The van der Waals surface area contributed by atoms with Crippen molar-refractivity contribution in [3.8, 4) is 0 Å². The van der Waals surface area contributed by atoms with Crippen LogP contribution in [0.3, 0.4) is 0 Å². The molecule has 0 amide bonds. The maximum Gasteiger partial charge on any atom is 0.139 e. The predicted molar refractivity (Wildman–Crippen MR) is 81.8 cm³/mol. The molecule has 0 fully saturated rings. The fourth-order valence-electron chi connectivity index (χ4n) is 2.21. The van der Waals surface area contributed by atoms with E-state index in [0.29, 0.717) is 12.8 Å². The third-order valence-corrected chi connectivity index (χ3v) is 3.45. The standard InChI is InChI=1S/C18H21NO/c1-3-15-7-9-17(19-13-15)12-18(20)10-8-16-6-4-5-14(2)11-16/h4-7,9,11,13H,3,8,10,12H2,1-2H3. The minimum Gasteiger partial charge on any atom is -0.299 e. The summed E-state index contributed by atoms with van der Waals surface area (Å²) in [6.45, 7) is 4.17. The molecule has 0 bridgehead atoms. The van der Waals surface area contributed by atoms with Gasteiger partial charge in [0.05, 0.1) is 0 Å². The van der Waals surface area contributed by atoms with Gasteiger partial charge in [0.1, 0.15) is 5.78 Å². The second kappa shape index (κ2) is 6.99. The van der Waals surface area contributed by atoms with E-state index in [2.05, 4.69) is 43.1 Å². The van der Waals surface area contributed by atoms with Crippen LogP contribution in [-0.4, -0.2) is 10.8 Å². The Morgan fingerprint density at radius 3 is 2.65 bits per heavy atom. The molecule has 2 rings (SSSR count).